The largest absolute Gasteiger partial charge is 0.490 e. The molecule has 0 bridgehead atoms. The molecule has 1 saturated carbocycles. The monoisotopic (exact) mass is 490 g/mol. The van der Waals surface area contributed by atoms with Gasteiger partial charge in [-0.3, -0.25) is 0 Å². The summed E-state index contributed by atoms with van der Waals surface area (Å²) in [4.78, 5) is 0. The number of rotatable bonds is 13. The molecule has 0 N–H and O–H groups in total. The molecule has 0 heterocycles. The Bertz CT molecular complexity index is 1070. The van der Waals surface area contributed by atoms with E-state index >= 15 is 0 Å². The van der Waals surface area contributed by atoms with E-state index in [1.165, 1.54) is 37.7 Å². The average Bonchev–Trinajstić information content (AvgIpc) is 3.60. The van der Waals surface area contributed by atoms with Crippen molar-refractivity contribution in [2.24, 2.45) is 17.3 Å². The standard InChI is InChI=1S/C32H42O4/c1-6-8-24(7-2)25-11-12-29-19-32(29)20-30(14-13-28(32)18-25)35-15-16-36-31-26(21-33-4)10-9-23(3)17-27(31)22-34-5/h10-11,13-14,17-18,20,24,29H,6-8,12,15-16,19,21-22H2,1-5H3. The van der Waals surface area contributed by atoms with Crippen LogP contribution in [0, 0.1) is 17.3 Å². The van der Waals surface area contributed by atoms with Crippen LogP contribution in [-0.4, -0.2) is 40.6 Å². The van der Waals surface area contributed by atoms with E-state index in [9.17, 15) is 0 Å². The van der Waals surface area contributed by atoms with E-state index in [-0.39, 0.29) is 5.41 Å². The van der Waals surface area contributed by atoms with Gasteiger partial charge in [0.25, 0.3) is 0 Å². The molecule has 0 amide bonds. The highest BCUT2D eigenvalue weighted by molar-refractivity contribution is 5.51. The Kier molecular flexibility index (Phi) is 8.95. The van der Waals surface area contributed by atoms with E-state index in [2.05, 4.69) is 56.0 Å². The normalized spacial score (nSPS) is 25.4. The predicted molar refractivity (Wildman–Crippen MR) is 145 cm³/mol. The Morgan fingerprint density at radius 3 is 2.61 bits per heavy atom. The Morgan fingerprint density at radius 1 is 1.06 bits per heavy atom. The zero-order chi connectivity index (χ0) is 25.5. The molecule has 4 aliphatic carbocycles. The van der Waals surface area contributed by atoms with Crippen molar-refractivity contribution in [2.45, 2.75) is 52.9 Å². The van der Waals surface area contributed by atoms with Crippen LogP contribution in [0.5, 0.6) is 0 Å². The summed E-state index contributed by atoms with van der Waals surface area (Å²) in [5.74, 6) is 3.12. The van der Waals surface area contributed by atoms with Crippen molar-refractivity contribution >= 4 is 0 Å². The first-order chi connectivity index (χ1) is 17.5. The Labute approximate surface area is 217 Å². The van der Waals surface area contributed by atoms with Gasteiger partial charge in [0.05, 0.1) is 13.2 Å². The molecule has 4 nitrogen and oxygen atoms in total. The first-order valence-corrected chi connectivity index (χ1v) is 13.5. The molecule has 0 aromatic carbocycles. The van der Waals surface area contributed by atoms with Crippen molar-refractivity contribution in [3.8, 4) is 0 Å². The van der Waals surface area contributed by atoms with E-state index < -0.39 is 0 Å². The minimum Gasteiger partial charge on any atom is -0.490 e. The summed E-state index contributed by atoms with van der Waals surface area (Å²) in [6, 6.07) is 0. The third kappa shape index (κ3) is 5.89. The second kappa shape index (κ2) is 12.1. The molecule has 4 rings (SSSR count). The summed E-state index contributed by atoms with van der Waals surface area (Å²) >= 11 is 0. The number of hydrogen-bond donors (Lipinski definition) is 0. The van der Waals surface area contributed by atoms with Crippen LogP contribution in [0.1, 0.15) is 52.9 Å². The summed E-state index contributed by atoms with van der Waals surface area (Å²) in [6.45, 7) is 8.48. The van der Waals surface area contributed by atoms with E-state index in [0.717, 1.165) is 28.2 Å². The minimum absolute atomic E-state index is 0.158. The smallest absolute Gasteiger partial charge is 0.131 e. The topological polar surface area (TPSA) is 36.9 Å². The second-order valence-corrected chi connectivity index (χ2v) is 10.3. The van der Waals surface area contributed by atoms with Gasteiger partial charge in [-0.25, -0.2) is 0 Å². The lowest BCUT2D eigenvalue weighted by molar-refractivity contribution is 0.116. The van der Waals surface area contributed by atoms with Crippen LogP contribution in [0.3, 0.4) is 0 Å². The predicted octanol–water partition coefficient (Wildman–Crippen LogP) is 7.15. The van der Waals surface area contributed by atoms with Crippen LogP contribution >= 0.6 is 0 Å². The van der Waals surface area contributed by atoms with Crippen LogP contribution in [0.25, 0.3) is 0 Å². The van der Waals surface area contributed by atoms with Gasteiger partial charge in [0.2, 0.25) is 0 Å². The fourth-order valence-corrected chi connectivity index (χ4v) is 5.77. The molecular formula is C32H42O4. The lowest BCUT2D eigenvalue weighted by Gasteiger charge is -2.22. The van der Waals surface area contributed by atoms with Crippen LogP contribution < -0.4 is 0 Å². The molecule has 0 saturated heterocycles. The fraction of sp³-hybridized carbons (Fsp3) is 0.531. The van der Waals surface area contributed by atoms with Gasteiger partial charge in [0, 0.05) is 30.8 Å². The SMILES string of the molecule is CCCC(CC)C1=CCC2CC23C=C(OCCOC2=C(COC)C=C=C(C)C=C2COC)C=CC3=C1. The summed E-state index contributed by atoms with van der Waals surface area (Å²) < 4.78 is 23.3. The second-order valence-electron chi connectivity index (χ2n) is 10.3. The quantitative estimate of drug-likeness (QED) is 0.203. The van der Waals surface area contributed by atoms with Crippen molar-refractivity contribution in [2.75, 3.05) is 40.6 Å². The molecule has 0 aromatic heterocycles. The van der Waals surface area contributed by atoms with Gasteiger partial charge in [-0.15, -0.1) is 5.73 Å². The molecule has 1 fully saturated rings. The first kappa shape index (κ1) is 26.5. The number of methoxy groups -OCH3 is 2. The third-order valence-corrected chi connectivity index (χ3v) is 7.72. The molecule has 36 heavy (non-hydrogen) atoms. The Hall–Kier alpha value is -2.52. The van der Waals surface area contributed by atoms with Gasteiger partial charge >= 0.3 is 0 Å². The summed E-state index contributed by atoms with van der Waals surface area (Å²) in [5.41, 5.74) is 9.43. The lowest BCUT2D eigenvalue weighted by atomic mass is 9.85. The molecule has 1 spiro atoms. The van der Waals surface area contributed by atoms with Crippen molar-refractivity contribution < 1.29 is 18.9 Å². The van der Waals surface area contributed by atoms with Crippen LogP contribution in [0.2, 0.25) is 0 Å². The number of hydrogen-bond acceptors (Lipinski definition) is 4. The summed E-state index contributed by atoms with van der Waals surface area (Å²) in [6.07, 6.45) is 21.9. The maximum Gasteiger partial charge on any atom is 0.131 e. The van der Waals surface area contributed by atoms with E-state index in [1.807, 2.05) is 13.0 Å². The molecule has 4 aliphatic rings. The van der Waals surface area contributed by atoms with Gasteiger partial charge in [-0.1, -0.05) is 38.5 Å². The van der Waals surface area contributed by atoms with E-state index in [1.54, 1.807) is 19.8 Å². The van der Waals surface area contributed by atoms with E-state index in [0.29, 0.717) is 38.3 Å². The van der Waals surface area contributed by atoms with Crippen molar-refractivity contribution in [3.63, 3.8) is 0 Å². The molecule has 3 atom stereocenters. The van der Waals surface area contributed by atoms with Gasteiger partial charge in [0.1, 0.15) is 24.7 Å². The van der Waals surface area contributed by atoms with Crippen LogP contribution in [0.15, 0.2) is 87.6 Å². The highest BCUT2D eigenvalue weighted by atomic mass is 16.5. The molecular weight excluding hydrogens is 448 g/mol. The highest BCUT2D eigenvalue weighted by Crippen LogP contribution is 2.64. The summed E-state index contributed by atoms with van der Waals surface area (Å²) in [5, 5.41) is 0. The van der Waals surface area contributed by atoms with Crippen molar-refractivity contribution in [1.29, 1.82) is 0 Å². The van der Waals surface area contributed by atoms with Gasteiger partial charge in [-0.05, 0) is 85.5 Å². The zero-order valence-electron chi connectivity index (χ0n) is 22.7. The first-order valence-electron chi connectivity index (χ1n) is 13.5. The Balaban J connectivity index is 1.39. The minimum atomic E-state index is 0.158. The molecule has 0 aromatic rings. The van der Waals surface area contributed by atoms with Crippen molar-refractivity contribution in [1.82, 2.24) is 0 Å². The number of allylic oxidation sites excluding steroid dienone is 8. The highest BCUT2D eigenvalue weighted by Gasteiger charge is 2.55. The molecule has 194 valence electrons. The third-order valence-electron chi connectivity index (χ3n) is 7.72. The zero-order valence-corrected chi connectivity index (χ0v) is 22.7. The summed E-state index contributed by atoms with van der Waals surface area (Å²) in [7, 11) is 3.39. The number of ether oxygens (including phenoxy) is 4. The van der Waals surface area contributed by atoms with Crippen LogP contribution in [0.4, 0.5) is 0 Å². The van der Waals surface area contributed by atoms with Crippen LogP contribution in [-0.2, 0) is 18.9 Å². The maximum absolute atomic E-state index is 6.24. The van der Waals surface area contributed by atoms with Crippen molar-refractivity contribution in [3.05, 3.63) is 87.6 Å². The van der Waals surface area contributed by atoms with Gasteiger partial charge in [0.15, 0.2) is 0 Å². The Morgan fingerprint density at radius 2 is 1.86 bits per heavy atom. The maximum atomic E-state index is 6.24. The fourth-order valence-electron chi connectivity index (χ4n) is 5.77. The van der Waals surface area contributed by atoms with E-state index in [4.69, 9.17) is 18.9 Å². The molecule has 0 aliphatic heterocycles. The molecule has 4 heteroatoms. The molecule has 0 radical (unpaired) electrons. The van der Waals surface area contributed by atoms with Gasteiger partial charge in [-0.2, -0.15) is 0 Å². The average molecular weight is 491 g/mol. The lowest BCUT2D eigenvalue weighted by Crippen LogP contribution is -2.13. The molecule has 3 unspecified atom stereocenters. The van der Waals surface area contributed by atoms with Gasteiger partial charge < -0.3 is 18.9 Å².